The van der Waals surface area contributed by atoms with Crippen molar-refractivity contribution >= 4 is 21.7 Å². The largest absolute Gasteiger partial charge is 0.277 e. The van der Waals surface area contributed by atoms with Gasteiger partial charge >= 0.3 is 0 Å². The van der Waals surface area contributed by atoms with E-state index in [-0.39, 0.29) is 17.7 Å². The van der Waals surface area contributed by atoms with Crippen LogP contribution in [0.1, 0.15) is 79.2 Å². The SMILES string of the molecule is CN1C(=O)c2ccc(CCC3CCC(CS(=O)(=O)C(C)(C)C)CC3)cc2C1=O. The van der Waals surface area contributed by atoms with Crippen LogP contribution >= 0.6 is 0 Å². The van der Waals surface area contributed by atoms with Gasteiger partial charge in [0.05, 0.1) is 21.6 Å². The van der Waals surface area contributed by atoms with Gasteiger partial charge in [0.2, 0.25) is 0 Å². The van der Waals surface area contributed by atoms with Crippen LogP contribution in [0.5, 0.6) is 0 Å². The van der Waals surface area contributed by atoms with Crippen molar-refractivity contribution < 1.29 is 18.0 Å². The minimum atomic E-state index is -3.05. The van der Waals surface area contributed by atoms with Gasteiger partial charge in [0, 0.05) is 7.05 Å². The summed E-state index contributed by atoms with van der Waals surface area (Å²) in [5, 5.41) is 0. The van der Waals surface area contributed by atoms with Crippen LogP contribution in [-0.2, 0) is 16.3 Å². The minimum absolute atomic E-state index is 0.220. The number of benzene rings is 1. The maximum absolute atomic E-state index is 12.4. The highest BCUT2D eigenvalue weighted by Crippen LogP contribution is 2.34. The fourth-order valence-corrected chi connectivity index (χ4v) is 5.64. The Labute approximate surface area is 168 Å². The first-order valence-corrected chi connectivity index (χ1v) is 11.8. The zero-order chi connectivity index (χ0) is 20.7. The lowest BCUT2D eigenvalue weighted by Crippen LogP contribution is -2.34. The van der Waals surface area contributed by atoms with Crippen molar-refractivity contribution in [3.05, 3.63) is 34.9 Å². The van der Waals surface area contributed by atoms with Gasteiger partial charge in [-0.25, -0.2) is 8.42 Å². The van der Waals surface area contributed by atoms with Crippen molar-refractivity contribution in [1.82, 2.24) is 4.90 Å². The summed E-state index contributed by atoms with van der Waals surface area (Å²) in [6.07, 6.45) is 6.00. The second-order valence-corrected chi connectivity index (χ2v) is 12.2. The monoisotopic (exact) mass is 405 g/mol. The number of rotatable bonds is 5. The van der Waals surface area contributed by atoms with Crippen molar-refractivity contribution in [2.24, 2.45) is 11.8 Å². The van der Waals surface area contributed by atoms with Gasteiger partial charge in [-0.1, -0.05) is 18.9 Å². The highest BCUT2D eigenvalue weighted by molar-refractivity contribution is 7.92. The zero-order valence-corrected chi connectivity index (χ0v) is 18.1. The number of fused-ring (bicyclic) bond motifs is 1. The van der Waals surface area contributed by atoms with Gasteiger partial charge in [0.1, 0.15) is 0 Å². The van der Waals surface area contributed by atoms with Crippen molar-refractivity contribution in [2.75, 3.05) is 12.8 Å². The summed E-state index contributed by atoms with van der Waals surface area (Å²) in [5.41, 5.74) is 2.10. The molecule has 2 aliphatic rings. The van der Waals surface area contributed by atoms with Crippen LogP contribution in [-0.4, -0.2) is 42.7 Å². The molecule has 1 aliphatic carbocycles. The molecule has 1 saturated carbocycles. The van der Waals surface area contributed by atoms with E-state index in [0.717, 1.165) is 44.1 Å². The lowest BCUT2D eigenvalue weighted by atomic mass is 9.80. The third-order valence-electron chi connectivity index (χ3n) is 6.35. The van der Waals surface area contributed by atoms with Crippen LogP contribution in [0, 0.1) is 11.8 Å². The highest BCUT2D eigenvalue weighted by Gasteiger charge is 2.34. The smallest absolute Gasteiger partial charge is 0.261 e. The molecule has 1 fully saturated rings. The lowest BCUT2D eigenvalue weighted by molar-refractivity contribution is 0.0693. The number of amides is 2. The van der Waals surface area contributed by atoms with Gasteiger partial charge in [-0.15, -0.1) is 0 Å². The minimum Gasteiger partial charge on any atom is -0.277 e. The van der Waals surface area contributed by atoms with Gasteiger partial charge in [0.15, 0.2) is 9.84 Å². The van der Waals surface area contributed by atoms with Gasteiger partial charge in [0.25, 0.3) is 11.8 Å². The third-order valence-corrected chi connectivity index (χ3v) is 9.13. The molecule has 0 bridgehead atoms. The first kappa shape index (κ1) is 21.0. The summed E-state index contributed by atoms with van der Waals surface area (Å²) < 4.78 is 24.2. The Bertz CT molecular complexity index is 874. The molecule has 28 heavy (non-hydrogen) atoms. The van der Waals surface area contributed by atoms with E-state index < -0.39 is 14.6 Å². The summed E-state index contributed by atoms with van der Waals surface area (Å²) >= 11 is 0. The summed E-state index contributed by atoms with van der Waals surface area (Å²) in [5.74, 6) is 0.733. The zero-order valence-electron chi connectivity index (χ0n) is 17.3. The Balaban J connectivity index is 1.52. The van der Waals surface area contributed by atoms with E-state index in [2.05, 4.69) is 0 Å². The van der Waals surface area contributed by atoms with Crippen LogP contribution in [0.25, 0.3) is 0 Å². The van der Waals surface area contributed by atoms with Crippen LogP contribution in [0.2, 0.25) is 0 Å². The molecule has 5 nitrogen and oxygen atoms in total. The summed E-state index contributed by atoms with van der Waals surface area (Å²) in [4.78, 5) is 25.3. The average Bonchev–Trinajstić information content (AvgIpc) is 2.84. The molecule has 1 aromatic rings. The van der Waals surface area contributed by atoms with Gasteiger partial charge in [-0.3, -0.25) is 14.5 Å². The van der Waals surface area contributed by atoms with Crippen molar-refractivity contribution in [2.45, 2.75) is 64.0 Å². The highest BCUT2D eigenvalue weighted by atomic mass is 32.2. The maximum atomic E-state index is 12.4. The number of carbonyl (C=O) groups is 2. The second-order valence-electron chi connectivity index (χ2n) is 9.37. The Hall–Kier alpha value is -1.69. The number of hydrogen-bond donors (Lipinski definition) is 0. The molecular weight excluding hydrogens is 374 g/mol. The lowest BCUT2D eigenvalue weighted by Gasteiger charge is -2.30. The van der Waals surface area contributed by atoms with E-state index in [0.29, 0.717) is 22.8 Å². The first-order valence-electron chi connectivity index (χ1n) is 10.2. The molecule has 0 aromatic heterocycles. The van der Waals surface area contributed by atoms with E-state index in [1.165, 1.54) is 11.9 Å². The molecule has 1 aliphatic heterocycles. The van der Waals surface area contributed by atoms with Crippen molar-refractivity contribution in [1.29, 1.82) is 0 Å². The molecule has 0 spiro atoms. The number of aryl methyl sites for hydroxylation is 1. The Morgan fingerprint density at radius 1 is 0.964 bits per heavy atom. The average molecular weight is 406 g/mol. The van der Waals surface area contributed by atoms with Crippen LogP contribution < -0.4 is 0 Å². The van der Waals surface area contributed by atoms with E-state index in [1.54, 1.807) is 26.8 Å². The fourth-order valence-electron chi connectivity index (χ4n) is 4.18. The molecule has 0 N–H and O–H groups in total. The van der Waals surface area contributed by atoms with Crippen LogP contribution in [0.3, 0.4) is 0 Å². The van der Waals surface area contributed by atoms with Gasteiger partial charge < -0.3 is 0 Å². The quantitative estimate of drug-likeness (QED) is 0.697. The molecule has 3 rings (SSSR count). The Morgan fingerprint density at radius 2 is 1.54 bits per heavy atom. The van der Waals surface area contributed by atoms with Crippen molar-refractivity contribution in [3.63, 3.8) is 0 Å². The van der Waals surface area contributed by atoms with E-state index in [4.69, 9.17) is 0 Å². The predicted molar refractivity (Wildman–Crippen MR) is 110 cm³/mol. The predicted octanol–water partition coefficient (Wildman–Crippen LogP) is 3.86. The molecule has 1 aromatic carbocycles. The summed E-state index contributed by atoms with van der Waals surface area (Å²) in [6, 6.07) is 5.58. The fraction of sp³-hybridized carbons (Fsp3) is 0.636. The van der Waals surface area contributed by atoms with Crippen LogP contribution in [0.4, 0.5) is 0 Å². The number of carbonyl (C=O) groups excluding carboxylic acids is 2. The number of nitrogens with zero attached hydrogens (tertiary/aromatic N) is 1. The maximum Gasteiger partial charge on any atom is 0.261 e. The number of hydrogen-bond acceptors (Lipinski definition) is 4. The normalized spacial score (nSPS) is 23.2. The van der Waals surface area contributed by atoms with Crippen molar-refractivity contribution in [3.8, 4) is 0 Å². The Kier molecular flexibility index (Phi) is 5.72. The molecule has 0 unspecified atom stereocenters. The molecular formula is C22H31NO4S. The standard InChI is InChI=1S/C22H31NO4S/c1-22(2,3)28(26,27)14-17-9-6-15(7-10-17)5-8-16-11-12-18-19(13-16)21(25)23(4)20(18)24/h11-13,15,17H,5-10,14H2,1-4H3. The molecule has 2 amide bonds. The molecule has 0 radical (unpaired) electrons. The van der Waals surface area contributed by atoms with Gasteiger partial charge in [-0.2, -0.15) is 0 Å². The van der Waals surface area contributed by atoms with E-state index in [1.807, 2.05) is 12.1 Å². The number of imide groups is 1. The molecule has 0 atom stereocenters. The van der Waals surface area contributed by atoms with E-state index >= 15 is 0 Å². The first-order chi connectivity index (χ1) is 13.0. The third kappa shape index (κ3) is 4.17. The topological polar surface area (TPSA) is 71.5 Å². The second kappa shape index (κ2) is 7.62. The number of sulfone groups is 1. The summed E-state index contributed by atoms with van der Waals surface area (Å²) in [7, 11) is -1.54. The van der Waals surface area contributed by atoms with Crippen LogP contribution in [0.15, 0.2) is 18.2 Å². The molecule has 154 valence electrons. The molecule has 0 saturated heterocycles. The summed E-state index contributed by atoms with van der Waals surface area (Å²) in [6.45, 7) is 5.34. The molecule has 6 heteroatoms. The Morgan fingerprint density at radius 3 is 2.14 bits per heavy atom. The van der Waals surface area contributed by atoms with E-state index in [9.17, 15) is 18.0 Å². The van der Waals surface area contributed by atoms with Gasteiger partial charge in [-0.05, 0) is 76.0 Å². The molecule has 1 heterocycles.